The molecule has 0 radical (unpaired) electrons. The van der Waals surface area contributed by atoms with Crippen molar-refractivity contribution in [3.8, 4) is 0 Å². The van der Waals surface area contributed by atoms with Gasteiger partial charge < -0.3 is 10.1 Å². The largest absolute Gasteiger partial charge is 0.380 e. The highest BCUT2D eigenvalue weighted by molar-refractivity contribution is 5.40. The molecular formula is C17H25NO. The SMILES string of the molecule is CCNC(COCC)C1C2CCc3ccccc3C21. The molecule has 0 amide bonds. The zero-order valence-corrected chi connectivity index (χ0v) is 12.1. The van der Waals surface area contributed by atoms with Crippen molar-refractivity contribution < 1.29 is 4.74 Å². The van der Waals surface area contributed by atoms with Gasteiger partial charge in [-0.2, -0.15) is 0 Å². The molecule has 1 fully saturated rings. The summed E-state index contributed by atoms with van der Waals surface area (Å²) in [6, 6.07) is 9.56. The fourth-order valence-corrected chi connectivity index (χ4v) is 3.98. The highest BCUT2D eigenvalue weighted by atomic mass is 16.5. The average Bonchev–Trinajstić information content (AvgIpc) is 3.18. The molecule has 0 aliphatic heterocycles. The Hall–Kier alpha value is -0.860. The topological polar surface area (TPSA) is 21.3 Å². The molecule has 0 aromatic heterocycles. The minimum Gasteiger partial charge on any atom is -0.380 e. The molecule has 2 aliphatic rings. The average molecular weight is 259 g/mol. The van der Waals surface area contributed by atoms with Crippen LogP contribution in [0.4, 0.5) is 0 Å². The number of aryl methyl sites for hydroxylation is 1. The predicted molar refractivity (Wildman–Crippen MR) is 78.4 cm³/mol. The highest BCUT2D eigenvalue weighted by Gasteiger charge is 2.55. The lowest BCUT2D eigenvalue weighted by Crippen LogP contribution is -2.36. The molecule has 1 saturated carbocycles. The van der Waals surface area contributed by atoms with E-state index in [1.54, 1.807) is 11.1 Å². The summed E-state index contributed by atoms with van der Waals surface area (Å²) in [6.45, 7) is 7.00. The first-order chi connectivity index (χ1) is 9.36. The monoisotopic (exact) mass is 259 g/mol. The van der Waals surface area contributed by atoms with Crippen LogP contribution in [0.25, 0.3) is 0 Å². The molecule has 3 rings (SSSR count). The van der Waals surface area contributed by atoms with Crippen LogP contribution in [-0.2, 0) is 11.2 Å². The molecule has 19 heavy (non-hydrogen) atoms. The number of fused-ring (bicyclic) bond motifs is 3. The third kappa shape index (κ3) is 2.44. The van der Waals surface area contributed by atoms with E-state index in [2.05, 4.69) is 43.4 Å². The van der Waals surface area contributed by atoms with Crippen molar-refractivity contribution in [1.82, 2.24) is 5.32 Å². The Morgan fingerprint density at radius 2 is 2.16 bits per heavy atom. The summed E-state index contributed by atoms with van der Waals surface area (Å²) in [7, 11) is 0. The minimum absolute atomic E-state index is 0.533. The molecule has 0 saturated heterocycles. The van der Waals surface area contributed by atoms with Crippen LogP contribution in [0.15, 0.2) is 24.3 Å². The van der Waals surface area contributed by atoms with Crippen molar-refractivity contribution in [3.05, 3.63) is 35.4 Å². The summed E-state index contributed by atoms with van der Waals surface area (Å²) in [5, 5.41) is 3.64. The molecule has 2 nitrogen and oxygen atoms in total. The standard InChI is InChI=1S/C17H25NO/c1-3-18-15(11-19-4-2)17-14-10-9-12-7-5-6-8-13(12)16(14)17/h5-8,14-18H,3-4,9-11H2,1-2H3. The molecule has 0 heterocycles. The zero-order chi connectivity index (χ0) is 13.2. The van der Waals surface area contributed by atoms with Crippen LogP contribution in [0, 0.1) is 11.8 Å². The van der Waals surface area contributed by atoms with Crippen molar-refractivity contribution in [1.29, 1.82) is 0 Å². The second-order valence-corrected chi connectivity index (χ2v) is 5.83. The number of ether oxygens (including phenoxy) is 1. The molecular weight excluding hydrogens is 234 g/mol. The van der Waals surface area contributed by atoms with Gasteiger partial charge in [-0.25, -0.2) is 0 Å². The van der Waals surface area contributed by atoms with Crippen LogP contribution in [0.1, 0.15) is 37.3 Å². The Kier molecular flexibility index (Phi) is 3.90. The van der Waals surface area contributed by atoms with E-state index in [1.807, 2.05) is 0 Å². The van der Waals surface area contributed by atoms with Gasteiger partial charge in [0.2, 0.25) is 0 Å². The molecule has 2 aliphatic carbocycles. The first kappa shape index (κ1) is 13.1. The Labute approximate surface area is 116 Å². The maximum Gasteiger partial charge on any atom is 0.0622 e. The smallest absolute Gasteiger partial charge is 0.0622 e. The van der Waals surface area contributed by atoms with Gasteiger partial charge in [0.1, 0.15) is 0 Å². The first-order valence-electron chi connectivity index (χ1n) is 7.75. The number of likely N-dealkylation sites (N-methyl/N-ethyl adjacent to an activating group) is 1. The summed E-state index contributed by atoms with van der Waals surface area (Å²) >= 11 is 0. The van der Waals surface area contributed by atoms with E-state index in [9.17, 15) is 0 Å². The van der Waals surface area contributed by atoms with Crippen LogP contribution in [0.3, 0.4) is 0 Å². The predicted octanol–water partition coefficient (Wildman–Crippen LogP) is 2.98. The fourth-order valence-electron chi connectivity index (χ4n) is 3.98. The number of hydrogen-bond donors (Lipinski definition) is 1. The Morgan fingerprint density at radius 1 is 1.32 bits per heavy atom. The van der Waals surface area contributed by atoms with Gasteiger partial charge in [-0.3, -0.25) is 0 Å². The lowest BCUT2D eigenvalue weighted by molar-refractivity contribution is 0.114. The molecule has 1 N–H and O–H groups in total. The molecule has 104 valence electrons. The van der Waals surface area contributed by atoms with Gasteiger partial charge in [-0.15, -0.1) is 0 Å². The normalized spacial score (nSPS) is 29.5. The van der Waals surface area contributed by atoms with Crippen molar-refractivity contribution >= 4 is 0 Å². The van der Waals surface area contributed by atoms with E-state index in [0.717, 1.165) is 37.5 Å². The van der Waals surface area contributed by atoms with E-state index in [-0.39, 0.29) is 0 Å². The van der Waals surface area contributed by atoms with Gasteiger partial charge in [0.15, 0.2) is 0 Å². The van der Waals surface area contributed by atoms with Gasteiger partial charge in [-0.1, -0.05) is 31.2 Å². The van der Waals surface area contributed by atoms with Gasteiger partial charge >= 0.3 is 0 Å². The second kappa shape index (κ2) is 5.64. The van der Waals surface area contributed by atoms with E-state index in [4.69, 9.17) is 4.74 Å². The number of rotatable bonds is 6. The molecule has 2 heteroatoms. The second-order valence-electron chi connectivity index (χ2n) is 5.83. The fraction of sp³-hybridized carbons (Fsp3) is 0.647. The van der Waals surface area contributed by atoms with Gasteiger partial charge in [0.05, 0.1) is 6.61 Å². The molecule has 0 spiro atoms. The summed E-state index contributed by atoms with van der Waals surface area (Å²) in [6.07, 6.45) is 2.63. The Balaban J connectivity index is 1.74. The third-order valence-electron chi connectivity index (χ3n) is 4.82. The third-order valence-corrected chi connectivity index (χ3v) is 4.82. The molecule has 1 aromatic carbocycles. The van der Waals surface area contributed by atoms with Crippen molar-refractivity contribution in [2.24, 2.45) is 11.8 Å². The number of nitrogens with one attached hydrogen (secondary N) is 1. The van der Waals surface area contributed by atoms with E-state index in [1.165, 1.54) is 12.8 Å². The van der Waals surface area contributed by atoms with Gasteiger partial charge in [-0.05, 0) is 55.2 Å². The van der Waals surface area contributed by atoms with Crippen molar-refractivity contribution in [2.75, 3.05) is 19.8 Å². The van der Waals surface area contributed by atoms with E-state index >= 15 is 0 Å². The molecule has 0 bridgehead atoms. The van der Waals surface area contributed by atoms with Gasteiger partial charge in [0.25, 0.3) is 0 Å². The van der Waals surface area contributed by atoms with Crippen LogP contribution in [0.5, 0.6) is 0 Å². The van der Waals surface area contributed by atoms with Crippen LogP contribution in [0.2, 0.25) is 0 Å². The quantitative estimate of drug-likeness (QED) is 0.848. The molecule has 4 unspecified atom stereocenters. The summed E-state index contributed by atoms with van der Waals surface area (Å²) < 4.78 is 5.68. The van der Waals surface area contributed by atoms with Crippen LogP contribution >= 0.6 is 0 Å². The van der Waals surface area contributed by atoms with Crippen LogP contribution < -0.4 is 5.32 Å². The summed E-state index contributed by atoms with van der Waals surface area (Å²) in [4.78, 5) is 0. The summed E-state index contributed by atoms with van der Waals surface area (Å²) in [5.41, 5.74) is 3.20. The maximum absolute atomic E-state index is 5.68. The Morgan fingerprint density at radius 3 is 2.95 bits per heavy atom. The van der Waals surface area contributed by atoms with Crippen molar-refractivity contribution in [2.45, 2.75) is 38.6 Å². The lowest BCUT2D eigenvalue weighted by Gasteiger charge is -2.18. The highest BCUT2D eigenvalue weighted by Crippen LogP contribution is 2.61. The number of hydrogen-bond acceptors (Lipinski definition) is 2. The van der Waals surface area contributed by atoms with Crippen molar-refractivity contribution in [3.63, 3.8) is 0 Å². The minimum atomic E-state index is 0.533. The molecule has 4 atom stereocenters. The van der Waals surface area contributed by atoms with Crippen LogP contribution in [-0.4, -0.2) is 25.8 Å². The Bertz CT molecular complexity index is 431. The first-order valence-corrected chi connectivity index (χ1v) is 7.75. The maximum atomic E-state index is 5.68. The van der Waals surface area contributed by atoms with Gasteiger partial charge in [0, 0.05) is 12.6 Å². The lowest BCUT2D eigenvalue weighted by atomic mass is 9.92. The molecule has 1 aromatic rings. The van der Waals surface area contributed by atoms with E-state index < -0.39 is 0 Å². The number of benzene rings is 1. The summed E-state index contributed by atoms with van der Waals surface area (Å²) in [5.74, 6) is 2.46. The zero-order valence-electron chi connectivity index (χ0n) is 12.1. The van der Waals surface area contributed by atoms with E-state index in [0.29, 0.717) is 6.04 Å².